The van der Waals surface area contributed by atoms with Gasteiger partial charge < -0.3 is 14.5 Å². The van der Waals surface area contributed by atoms with E-state index in [1.807, 2.05) is 0 Å². The topological polar surface area (TPSA) is 47.1 Å². The monoisotopic (exact) mass is 360 g/mol. The van der Waals surface area contributed by atoms with Crippen LogP contribution in [0.3, 0.4) is 0 Å². The predicted octanol–water partition coefficient (Wildman–Crippen LogP) is 4.24. The first kappa shape index (κ1) is 14.3. The Hall–Kier alpha value is -1.11. The molecule has 0 aliphatic carbocycles. The molecule has 1 N–H and O–H groups in total. The van der Waals surface area contributed by atoms with Crippen LogP contribution in [0.1, 0.15) is 0 Å². The zero-order valence-electron chi connectivity index (χ0n) is 10.2. The molecule has 19 heavy (non-hydrogen) atoms. The van der Waals surface area contributed by atoms with Gasteiger partial charge in [0.2, 0.25) is 0 Å². The van der Waals surface area contributed by atoms with Crippen molar-refractivity contribution in [2.24, 2.45) is 0 Å². The molecule has 0 spiro atoms. The van der Waals surface area contributed by atoms with Gasteiger partial charge in [-0.05, 0) is 28.1 Å². The first-order valence-corrected chi connectivity index (χ1v) is 6.81. The van der Waals surface area contributed by atoms with Gasteiger partial charge in [-0.1, -0.05) is 23.8 Å². The van der Waals surface area contributed by atoms with Gasteiger partial charge in [0.25, 0.3) is 0 Å². The van der Waals surface area contributed by atoms with Gasteiger partial charge in [0.1, 0.15) is 10.5 Å². The van der Waals surface area contributed by atoms with Crippen molar-refractivity contribution in [1.29, 1.82) is 0 Å². The van der Waals surface area contributed by atoms with Crippen LogP contribution < -0.4 is 9.47 Å². The normalized spacial score (nSPS) is 10.3. The van der Waals surface area contributed by atoms with Crippen molar-refractivity contribution < 1.29 is 9.47 Å². The van der Waals surface area contributed by atoms with E-state index in [2.05, 4.69) is 25.9 Å². The van der Waals surface area contributed by atoms with Crippen LogP contribution in [0.15, 0.2) is 22.8 Å². The van der Waals surface area contributed by atoms with Crippen LogP contribution in [0.4, 0.5) is 0 Å². The lowest BCUT2D eigenvalue weighted by Crippen LogP contribution is -1.95. The molecule has 0 fully saturated rings. The van der Waals surface area contributed by atoms with E-state index in [4.69, 9.17) is 33.3 Å². The molecule has 0 atom stereocenters. The fraction of sp³-hybridized carbons (Fsp3) is 0.167. The van der Waals surface area contributed by atoms with E-state index in [1.54, 1.807) is 25.4 Å². The highest BCUT2D eigenvalue weighted by Crippen LogP contribution is 2.38. The smallest absolute Gasteiger partial charge is 0.179 e. The van der Waals surface area contributed by atoms with E-state index < -0.39 is 0 Å². The number of nitrogens with one attached hydrogen (secondary N) is 1. The Kier molecular flexibility index (Phi) is 4.44. The highest BCUT2D eigenvalue weighted by molar-refractivity contribution is 9.10. The number of methoxy groups -OCH3 is 2. The largest absolute Gasteiger partial charge is 0.493 e. The zero-order chi connectivity index (χ0) is 14.0. The molecule has 2 aromatic rings. The maximum atomic E-state index is 6.15. The molecule has 0 saturated carbocycles. The number of H-pyrrole nitrogens is 1. The van der Waals surface area contributed by atoms with Crippen molar-refractivity contribution in [2.75, 3.05) is 14.2 Å². The number of aromatic amines is 1. The first-order valence-electron chi connectivity index (χ1n) is 5.23. The van der Waals surface area contributed by atoms with Gasteiger partial charge in [-0.15, -0.1) is 0 Å². The third kappa shape index (κ3) is 2.91. The minimum Gasteiger partial charge on any atom is -0.493 e. The number of rotatable bonds is 3. The fourth-order valence-corrected chi connectivity index (χ4v) is 2.22. The second-order valence-electron chi connectivity index (χ2n) is 3.60. The highest BCUT2D eigenvalue weighted by Gasteiger charge is 2.13. The lowest BCUT2D eigenvalue weighted by molar-refractivity contribution is 0.355. The van der Waals surface area contributed by atoms with Gasteiger partial charge in [-0.3, -0.25) is 0 Å². The van der Waals surface area contributed by atoms with Crippen LogP contribution in [-0.4, -0.2) is 24.2 Å². The second kappa shape index (κ2) is 5.90. The van der Waals surface area contributed by atoms with Crippen molar-refractivity contribution in [2.45, 2.75) is 0 Å². The van der Waals surface area contributed by atoms with Crippen LogP contribution in [0.2, 0.25) is 5.02 Å². The summed E-state index contributed by atoms with van der Waals surface area (Å²) in [5.74, 6) is 1.63. The Morgan fingerprint density at radius 2 is 2.05 bits per heavy atom. The molecule has 2 rings (SSSR count). The first-order chi connectivity index (χ1) is 9.06. The van der Waals surface area contributed by atoms with Crippen LogP contribution >= 0.6 is 39.7 Å². The van der Waals surface area contributed by atoms with Crippen LogP contribution in [0.5, 0.6) is 11.5 Å². The summed E-state index contributed by atoms with van der Waals surface area (Å²) in [7, 11) is 3.09. The predicted molar refractivity (Wildman–Crippen MR) is 80.7 cm³/mol. The number of benzene rings is 1. The molecular weight excluding hydrogens is 352 g/mol. The fourth-order valence-electron chi connectivity index (χ4n) is 1.58. The molecule has 0 saturated heterocycles. The second-order valence-corrected chi connectivity index (χ2v) is 5.27. The van der Waals surface area contributed by atoms with Crippen molar-refractivity contribution in [1.82, 2.24) is 9.97 Å². The number of nitrogens with zero attached hydrogens (tertiary/aromatic N) is 1. The highest BCUT2D eigenvalue weighted by atomic mass is 79.9. The molecule has 0 aliphatic heterocycles. The number of aromatic nitrogens is 2. The molecule has 7 heteroatoms. The maximum Gasteiger partial charge on any atom is 0.179 e. The molecule has 0 unspecified atom stereocenters. The third-order valence-corrected chi connectivity index (χ3v) is 3.93. The van der Waals surface area contributed by atoms with Gasteiger partial charge in [0, 0.05) is 11.8 Å². The standard InChI is InChI=1S/C12H10BrClN2O2S/c1-17-9-4-6(3-8(14)10(9)18-2)11-15-5-7(13)12(19)16-11/h3-5H,1-2H3,(H,15,16,19). The summed E-state index contributed by atoms with van der Waals surface area (Å²) < 4.78 is 11.7. The summed E-state index contributed by atoms with van der Waals surface area (Å²) in [6, 6.07) is 3.52. The van der Waals surface area contributed by atoms with E-state index in [0.29, 0.717) is 27.0 Å². The van der Waals surface area contributed by atoms with Crippen molar-refractivity contribution in [3.8, 4) is 22.9 Å². The molecule has 4 nitrogen and oxygen atoms in total. The van der Waals surface area contributed by atoms with Crippen molar-refractivity contribution in [3.05, 3.63) is 32.5 Å². The summed E-state index contributed by atoms with van der Waals surface area (Å²) in [6.07, 6.45) is 1.64. The van der Waals surface area contributed by atoms with Gasteiger partial charge in [-0.2, -0.15) is 0 Å². The van der Waals surface area contributed by atoms with Gasteiger partial charge in [0.15, 0.2) is 11.5 Å². The zero-order valence-corrected chi connectivity index (χ0v) is 13.3. The molecular formula is C12H10BrClN2O2S. The van der Waals surface area contributed by atoms with Gasteiger partial charge in [-0.25, -0.2) is 4.98 Å². The lowest BCUT2D eigenvalue weighted by atomic mass is 10.2. The Labute approximate surface area is 128 Å². The van der Waals surface area contributed by atoms with Crippen molar-refractivity contribution in [3.63, 3.8) is 0 Å². The molecule has 0 aliphatic rings. The summed E-state index contributed by atoms with van der Waals surface area (Å²) in [5.41, 5.74) is 0.765. The van der Waals surface area contributed by atoms with Crippen LogP contribution in [0.25, 0.3) is 11.4 Å². The van der Waals surface area contributed by atoms with Gasteiger partial charge >= 0.3 is 0 Å². The molecule has 0 bridgehead atoms. The minimum atomic E-state index is 0.445. The van der Waals surface area contributed by atoms with E-state index in [1.165, 1.54) is 7.11 Å². The molecule has 0 amide bonds. The van der Waals surface area contributed by atoms with Crippen LogP contribution in [-0.2, 0) is 0 Å². The lowest BCUT2D eigenvalue weighted by Gasteiger charge is -2.11. The van der Waals surface area contributed by atoms with Crippen molar-refractivity contribution >= 4 is 39.7 Å². The number of hydrogen-bond donors (Lipinski definition) is 1. The van der Waals surface area contributed by atoms with E-state index in [-0.39, 0.29) is 0 Å². The number of halogens is 2. The van der Waals surface area contributed by atoms with Gasteiger partial charge in [0.05, 0.1) is 23.7 Å². The number of ether oxygens (including phenoxy) is 2. The summed E-state index contributed by atoms with van der Waals surface area (Å²) in [5, 5.41) is 0.445. The molecule has 0 radical (unpaired) electrons. The molecule has 1 aromatic carbocycles. The molecule has 1 heterocycles. The Morgan fingerprint density at radius 1 is 1.32 bits per heavy atom. The Morgan fingerprint density at radius 3 is 2.63 bits per heavy atom. The minimum absolute atomic E-state index is 0.445. The average Bonchev–Trinajstić information content (AvgIpc) is 2.40. The van der Waals surface area contributed by atoms with E-state index in [9.17, 15) is 0 Å². The maximum absolute atomic E-state index is 6.15. The summed E-state index contributed by atoms with van der Waals surface area (Å²) >= 11 is 14.6. The SMILES string of the molecule is COc1cc(-c2ncc(Br)c(=S)[nH]2)cc(Cl)c1OC. The van der Waals surface area contributed by atoms with Crippen LogP contribution in [0, 0.1) is 4.64 Å². The number of hydrogen-bond acceptors (Lipinski definition) is 4. The quantitative estimate of drug-likeness (QED) is 0.831. The molecule has 100 valence electrons. The van der Waals surface area contributed by atoms with E-state index in [0.717, 1.165) is 10.0 Å². The summed E-state index contributed by atoms with van der Waals surface area (Å²) in [6.45, 7) is 0. The third-order valence-electron chi connectivity index (χ3n) is 2.46. The average molecular weight is 362 g/mol. The van der Waals surface area contributed by atoms with E-state index >= 15 is 0 Å². The Balaban J connectivity index is 2.59. The molecule has 1 aromatic heterocycles. The Bertz CT molecular complexity index is 675. The summed E-state index contributed by atoms with van der Waals surface area (Å²) in [4.78, 5) is 7.27.